The standard InChI is InChI=1S/C16H19BrN4O2/c1-10(2)7-18-16(22)15-13-9-23-14(8-21(13)20-19-15)11-3-5-12(17)6-4-11/h3-6,10,14H,7-9H2,1-2H3,(H,18,22)/t14-/m0/s1. The van der Waals surface area contributed by atoms with Crippen LogP contribution >= 0.6 is 15.9 Å². The van der Waals surface area contributed by atoms with Crippen molar-refractivity contribution in [2.45, 2.75) is 33.1 Å². The molecule has 0 fully saturated rings. The van der Waals surface area contributed by atoms with Crippen molar-refractivity contribution in [1.82, 2.24) is 20.3 Å². The lowest BCUT2D eigenvalue weighted by Gasteiger charge is -2.24. The molecule has 7 heteroatoms. The minimum atomic E-state index is -0.189. The maximum absolute atomic E-state index is 12.2. The fourth-order valence-corrected chi connectivity index (χ4v) is 2.71. The van der Waals surface area contributed by atoms with Gasteiger partial charge in [-0.25, -0.2) is 4.68 Å². The van der Waals surface area contributed by atoms with Crippen molar-refractivity contribution in [3.8, 4) is 0 Å². The van der Waals surface area contributed by atoms with Gasteiger partial charge in [0.25, 0.3) is 5.91 Å². The highest BCUT2D eigenvalue weighted by molar-refractivity contribution is 9.10. The molecule has 2 heterocycles. The molecule has 0 spiro atoms. The van der Waals surface area contributed by atoms with E-state index >= 15 is 0 Å². The van der Waals surface area contributed by atoms with Gasteiger partial charge in [-0.1, -0.05) is 47.1 Å². The van der Waals surface area contributed by atoms with Gasteiger partial charge in [-0.2, -0.15) is 0 Å². The van der Waals surface area contributed by atoms with Crippen LogP contribution in [0.15, 0.2) is 28.7 Å². The Balaban J connectivity index is 1.73. The highest BCUT2D eigenvalue weighted by Crippen LogP contribution is 2.27. The number of benzene rings is 1. The summed E-state index contributed by atoms with van der Waals surface area (Å²) in [7, 11) is 0. The second-order valence-electron chi connectivity index (χ2n) is 6.02. The summed E-state index contributed by atoms with van der Waals surface area (Å²) in [6.45, 7) is 5.60. The van der Waals surface area contributed by atoms with Gasteiger partial charge in [-0.05, 0) is 23.6 Å². The summed E-state index contributed by atoms with van der Waals surface area (Å²) >= 11 is 3.43. The smallest absolute Gasteiger partial charge is 0.273 e. The van der Waals surface area contributed by atoms with Crippen LogP contribution in [0.1, 0.15) is 41.7 Å². The Morgan fingerprint density at radius 1 is 1.43 bits per heavy atom. The third-order valence-corrected chi connectivity index (χ3v) is 4.25. The van der Waals surface area contributed by atoms with Crippen molar-refractivity contribution >= 4 is 21.8 Å². The predicted octanol–water partition coefficient (Wildman–Crippen LogP) is 2.70. The first-order chi connectivity index (χ1) is 11.0. The summed E-state index contributed by atoms with van der Waals surface area (Å²) < 4.78 is 8.70. The Morgan fingerprint density at radius 3 is 2.87 bits per heavy atom. The molecule has 6 nitrogen and oxygen atoms in total. The molecule has 3 rings (SSSR count). The largest absolute Gasteiger partial charge is 0.365 e. The molecule has 23 heavy (non-hydrogen) atoms. The van der Waals surface area contributed by atoms with E-state index in [-0.39, 0.29) is 12.0 Å². The van der Waals surface area contributed by atoms with Gasteiger partial charge in [0, 0.05) is 11.0 Å². The van der Waals surface area contributed by atoms with E-state index in [4.69, 9.17) is 4.74 Å². The average molecular weight is 379 g/mol. The summed E-state index contributed by atoms with van der Waals surface area (Å²) in [5.41, 5.74) is 2.18. The Kier molecular flexibility index (Phi) is 4.77. The van der Waals surface area contributed by atoms with E-state index in [2.05, 4.69) is 31.6 Å². The molecule has 1 aromatic carbocycles. The van der Waals surface area contributed by atoms with Crippen LogP contribution in [0.25, 0.3) is 0 Å². The molecule has 0 aliphatic carbocycles. The van der Waals surface area contributed by atoms with Gasteiger partial charge < -0.3 is 10.1 Å². The van der Waals surface area contributed by atoms with Gasteiger partial charge in [-0.15, -0.1) is 5.10 Å². The molecule has 1 N–H and O–H groups in total. The van der Waals surface area contributed by atoms with E-state index in [0.29, 0.717) is 31.3 Å². The summed E-state index contributed by atoms with van der Waals surface area (Å²) in [5.74, 6) is 0.203. The van der Waals surface area contributed by atoms with Crippen molar-refractivity contribution in [2.24, 2.45) is 5.92 Å². The second kappa shape index (κ2) is 6.80. The van der Waals surface area contributed by atoms with Crippen molar-refractivity contribution in [1.29, 1.82) is 0 Å². The van der Waals surface area contributed by atoms with Crippen LogP contribution in [0.4, 0.5) is 0 Å². The topological polar surface area (TPSA) is 69.0 Å². The number of ether oxygens (including phenoxy) is 1. The Hall–Kier alpha value is -1.73. The molecule has 1 atom stereocenters. The lowest BCUT2D eigenvalue weighted by molar-refractivity contribution is -0.00177. The number of aromatic nitrogens is 3. The van der Waals surface area contributed by atoms with Gasteiger partial charge in [0.15, 0.2) is 5.69 Å². The van der Waals surface area contributed by atoms with E-state index in [0.717, 1.165) is 15.7 Å². The number of carbonyl (C=O) groups excluding carboxylic acids is 1. The fraction of sp³-hybridized carbons (Fsp3) is 0.438. The number of hydrogen-bond acceptors (Lipinski definition) is 4. The van der Waals surface area contributed by atoms with Crippen molar-refractivity contribution < 1.29 is 9.53 Å². The van der Waals surface area contributed by atoms with Crippen LogP contribution in [-0.4, -0.2) is 27.4 Å². The summed E-state index contributed by atoms with van der Waals surface area (Å²) in [4.78, 5) is 12.2. The number of hydrogen-bond donors (Lipinski definition) is 1. The van der Waals surface area contributed by atoms with Gasteiger partial charge >= 0.3 is 0 Å². The predicted molar refractivity (Wildman–Crippen MR) is 88.9 cm³/mol. The SMILES string of the molecule is CC(C)CNC(=O)c1nnn2c1CO[C@H](c1ccc(Br)cc1)C2. The van der Waals surface area contributed by atoms with Crippen molar-refractivity contribution in [2.75, 3.05) is 6.54 Å². The van der Waals surface area contributed by atoms with E-state index in [1.807, 2.05) is 38.1 Å². The number of nitrogens with zero attached hydrogens (tertiary/aromatic N) is 3. The molecule has 122 valence electrons. The van der Waals surface area contributed by atoms with E-state index < -0.39 is 0 Å². The van der Waals surface area contributed by atoms with Crippen molar-refractivity contribution in [3.05, 3.63) is 45.7 Å². The lowest BCUT2D eigenvalue weighted by atomic mass is 10.1. The van der Waals surface area contributed by atoms with E-state index in [1.54, 1.807) is 4.68 Å². The van der Waals surface area contributed by atoms with E-state index in [1.165, 1.54) is 0 Å². The molecule has 1 amide bonds. The van der Waals surface area contributed by atoms with Crippen LogP contribution < -0.4 is 5.32 Å². The van der Waals surface area contributed by atoms with E-state index in [9.17, 15) is 4.79 Å². The third-order valence-electron chi connectivity index (χ3n) is 3.73. The minimum Gasteiger partial charge on any atom is -0.365 e. The molecule has 1 aliphatic rings. The molecule has 1 aliphatic heterocycles. The highest BCUT2D eigenvalue weighted by atomic mass is 79.9. The van der Waals surface area contributed by atoms with Gasteiger partial charge in [0.1, 0.15) is 6.10 Å². The average Bonchev–Trinajstić information content (AvgIpc) is 2.96. The Bertz CT molecular complexity index is 697. The maximum atomic E-state index is 12.2. The minimum absolute atomic E-state index is 0.0797. The van der Waals surface area contributed by atoms with Crippen LogP contribution in [0.2, 0.25) is 0 Å². The van der Waals surface area contributed by atoms with Crippen LogP contribution in [0.5, 0.6) is 0 Å². The third kappa shape index (κ3) is 3.61. The monoisotopic (exact) mass is 378 g/mol. The van der Waals surface area contributed by atoms with Crippen LogP contribution in [0.3, 0.4) is 0 Å². The van der Waals surface area contributed by atoms with Gasteiger partial charge in [0.2, 0.25) is 0 Å². The fourth-order valence-electron chi connectivity index (χ4n) is 2.45. The number of rotatable bonds is 4. The lowest BCUT2D eigenvalue weighted by Crippen LogP contribution is -2.30. The molecule has 0 unspecified atom stereocenters. The number of nitrogens with one attached hydrogen (secondary N) is 1. The van der Waals surface area contributed by atoms with Gasteiger partial charge in [0.05, 0.1) is 18.8 Å². The molecular formula is C16H19BrN4O2. The van der Waals surface area contributed by atoms with Crippen LogP contribution in [0, 0.1) is 5.92 Å². The molecule has 0 bridgehead atoms. The Morgan fingerprint density at radius 2 is 2.17 bits per heavy atom. The maximum Gasteiger partial charge on any atom is 0.273 e. The zero-order valence-corrected chi connectivity index (χ0v) is 14.7. The molecule has 1 aromatic heterocycles. The molecule has 0 radical (unpaired) electrons. The molecule has 0 saturated carbocycles. The first-order valence-corrected chi connectivity index (χ1v) is 8.41. The second-order valence-corrected chi connectivity index (χ2v) is 6.94. The summed E-state index contributed by atoms with van der Waals surface area (Å²) in [6, 6.07) is 8.01. The van der Waals surface area contributed by atoms with Gasteiger partial charge in [-0.3, -0.25) is 4.79 Å². The summed E-state index contributed by atoms with van der Waals surface area (Å²) in [6.07, 6.45) is -0.0797. The highest BCUT2D eigenvalue weighted by Gasteiger charge is 2.27. The summed E-state index contributed by atoms with van der Waals surface area (Å²) in [5, 5.41) is 11.0. The molecule has 2 aromatic rings. The number of fused-ring (bicyclic) bond motifs is 1. The number of carbonyl (C=O) groups is 1. The number of amides is 1. The molecule has 0 saturated heterocycles. The normalized spacial score (nSPS) is 17.1. The molecular weight excluding hydrogens is 360 g/mol. The quantitative estimate of drug-likeness (QED) is 0.887. The zero-order valence-electron chi connectivity index (χ0n) is 13.1. The Labute approximate surface area is 143 Å². The number of halogens is 1. The van der Waals surface area contributed by atoms with Crippen LogP contribution in [-0.2, 0) is 17.9 Å². The first-order valence-electron chi connectivity index (χ1n) is 7.62. The zero-order chi connectivity index (χ0) is 16.4. The first kappa shape index (κ1) is 16.1. The van der Waals surface area contributed by atoms with Crippen molar-refractivity contribution in [3.63, 3.8) is 0 Å².